The zero-order valence-corrected chi connectivity index (χ0v) is 15.8. The number of benzene rings is 2. The smallest absolute Gasteiger partial charge is 0.255 e. The van der Waals surface area contributed by atoms with Gasteiger partial charge < -0.3 is 15.1 Å². The predicted molar refractivity (Wildman–Crippen MR) is 104 cm³/mol. The minimum Gasteiger partial charge on any atom is -0.359 e. The molecule has 132 valence electrons. The predicted octanol–water partition coefficient (Wildman–Crippen LogP) is 2.54. The van der Waals surface area contributed by atoms with E-state index in [0.29, 0.717) is 10.6 Å². The van der Waals surface area contributed by atoms with Crippen molar-refractivity contribution in [2.24, 2.45) is 0 Å². The highest BCUT2D eigenvalue weighted by Crippen LogP contribution is 2.30. The van der Waals surface area contributed by atoms with Gasteiger partial charge in [0.1, 0.15) is 0 Å². The van der Waals surface area contributed by atoms with Crippen LogP contribution in [0.25, 0.3) is 0 Å². The van der Waals surface area contributed by atoms with E-state index in [0.717, 1.165) is 48.7 Å². The van der Waals surface area contributed by atoms with Crippen molar-refractivity contribution in [1.82, 2.24) is 0 Å². The molecule has 0 aromatic heterocycles. The number of likely N-dealkylation sites (N-methyl/N-ethyl adjacent to an activating group) is 1. The van der Waals surface area contributed by atoms with Crippen LogP contribution in [0.1, 0.15) is 21.5 Å². The summed E-state index contributed by atoms with van der Waals surface area (Å²) < 4.78 is 0. The Labute approximate surface area is 154 Å². The van der Waals surface area contributed by atoms with Gasteiger partial charge in [-0.05, 0) is 44.2 Å². The van der Waals surface area contributed by atoms with Gasteiger partial charge in [-0.15, -0.1) is 0 Å². The Hall–Kier alpha value is -2.04. The third-order valence-electron chi connectivity index (χ3n) is 4.65. The average molecular weight is 359 g/mol. The summed E-state index contributed by atoms with van der Waals surface area (Å²) in [5.74, 6) is -0.102. The summed E-state index contributed by atoms with van der Waals surface area (Å²) in [5.41, 5.74) is 4.65. The fourth-order valence-corrected chi connectivity index (χ4v) is 3.49. The molecule has 5 heteroatoms. The van der Waals surface area contributed by atoms with Crippen LogP contribution in [0.2, 0.25) is 5.02 Å². The minimum atomic E-state index is -0.102. The third-order valence-corrected chi connectivity index (χ3v) is 4.88. The molecule has 1 aliphatic heterocycles. The zero-order chi connectivity index (χ0) is 18.0. The summed E-state index contributed by atoms with van der Waals surface area (Å²) >= 11 is 6.18. The van der Waals surface area contributed by atoms with Gasteiger partial charge in [0.05, 0.1) is 44.6 Å². The Morgan fingerprint density at radius 2 is 1.72 bits per heavy atom. The monoisotopic (exact) mass is 358 g/mol. The molecule has 0 bridgehead atoms. The van der Waals surface area contributed by atoms with Gasteiger partial charge in [-0.25, -0.2) is 0 Å². The second-order valence-corrected chi connectivity index (χ2v) is 7.37. The first-order valence-electron chi connectivity index (χ1n) is 8.68. The Morgan fingerprint density at radius 3 is 2.36 bits per heavy atom. The molecule has 0 radical (unpaired) electrons. The minimum absolute atomic E-state index is 0.102. The molecule has 0 atom stereocenters. The van der Waals surface area contributed by atoms with E-state index in [1.165, 1.54) is 4.90 Å². The molecule has 2 aromatic carbocycles. The summed E-state index contributed by atoms with van der Waals surface area (Å²) in [6.45, 7) is 8.13. The third kappa shape index (κ3) is 4.33. The standard InChI is InChI=1S/C20H24ClN3O/c1-14-10-15(2)12-16(11-14)20(25)22-18-13-17(21)4-5-19(18)24-8-6-23(3)7-9-24/h4-5,10-13H,6-9H2,1-3H3,(H,22,25)/p+1. The lowest BCUT2D eigenvalue weighted by atomic mass is 10.1. The van der Waals surface area contributed by atoms with Gasteiger partial charge >= 0.3 is 0 Å². The number of quaternary nitrogens is 1. The largest absolute Gasteiger partial charge is 0.359 e. The lowest BCUT2D eigenvalue weighted by Gasteiger charge is -2.33. The average Bonchev–Trinajstić information content (AvgIpc) is 2.55. The van der Waals surface area contributed by atoms with E-state index in [4.69, 9.17) is 11.6 Å². The summed E-state index contributed by atoms with van der Waals surface area (Å²) in [5, 5.41) is 3.68. The Balaban J connectivity index is 1.86. The van der Waals surface area contributed by atoms with Crippen LogP contribution >= 0.6 is 11.6 Å². The SMILES string of the molecule is Cc1cc(C)cc(C(=O)Nc2cc(Cl)ccc2N2CC[NH+](C)CC2)c1. The summed E-state index contributed by atoms with van der Waals surface area (Å²) in [6, 6.07) is 11.6. The first-order chi connectivity index (χ1) is 11.9. The van der Waals surface area contributed by atoms with E-state index >= 15 is 0 Å². The number of piperazine rings is 1. The Bertz CT molecular complexity index is 762. The highest BCUT2D eigenvalue weighted by Gasteiger charge is 2.20. The molecule has 4 nitrogen and oxygen atoms in total. The van der Waals surface area contributed by atoms with Gasteiger partial charge in [-0.2, -0.15) is 0 Å². The van der Waals surface area contributed by atoms with E-state index < -0.39 is 0 Å². The molecule has 3 rings (SSSR count). The molecule has 1 amide bonds. The molecule has 0 spiro atoms. The van der Waals surface area contributed by atoms with E-state index in [-0.39, 0.29) is 5.91 Å². The summed E-state index contributed by atoms with van der Waals surface area (Å²) in [4.78, 5) is 16.6. The highest BCUT2D eigenvalue weighted by atomic mass is 35.5. The maximum atomic E-state index is 12.7. The molecule has 1 saturated heterocycles. The number of amides is 1. The number of rotatable bonds is 3. The number of carbonyl (C=O) groups is 1. The number of nitrogens with one attached hydrogen (secondary N) is 2. The molecule has 1 fully saturated rings. The van der Waals surface area contributed by atoms with Gasteiger partial charge in [-0.1, -0.05) is 28.8 Å². The van der Waals surface area contributed by atoms with Crippen LogP contribution in [0.5, 0.6) is 0 Å². The number of aryl methyl sites for hydroxylation is 2. The quantitative estimate of drug-likeness (QED) is 0.884. The molecule has 25 heavy (non-hydrogen) atoms. The molecular weight excluding hydrogens is 334 g/mol. The van der Waals surface area contributed by atoms with E-state index in [1.54, 1.807) is 0 Å². The van der Waals surface area contributed by atoms with Crippen molar-refractivity contribution >= 4 is 28.9 Å². The first-order valence-corrected chi connectivity index (χ1v) is 9.05. The Morgan fingerprint density at radius 1 is 1.08 bits per heavy atom. The Kier molecular flexibility index (Phi) is 5.30. The maximum absolute atomic E-state index is 12.7. The summed E-state index contributed by atoms with van der Waals surface area (Å²) in [7, 11) is 2.21. The van der Waals surface area contributed by atoms with Crippen molar-refractivity contribution in [3.05, 3.63) is 58.1 Å². The van der Waals surface area contributed by atoms with Crippen LogP contribution < -0.4 is 15.1 Å². The molecule has 0 aliphatic carbocycles. The van der Waals surface area contributed by atoms with Crippen LogP contribution in [-0.4, -0.2) is 39.1 Å². The van der Waals surface area contributed by atoms with Crippen molar-refractivity contribution in [1.29, 1.82) is 0 Å². The maximum Gasteiger partial charge on any atom is 0.255 e. The molecule has 0 unspecified atom stereocenters. The number of anilines is 2. The van der Waals surface area contributed by atoms with E-state index in [9.17, 15) is 4.79 Å². The van der Waals surface area contributed by atoms with Crippen molar-refractivity contribution in [3.8, 4) is 0 Å². The van der Waals surface area contributed by atoms with Gasteiger partial charge in [0.2, 0.25) is 0 Å². The number of nitrogens with zero attached hydrogens (tertiary/aromatic N) is 1. The molecule has 1 heterocycles. The van der Waals surface area contributed by atoms with Crippen LogP contribution in [0.15, 0.2) is 36.4 Å². The van der Waals surface area contributed by atoms with Crippen LogP contribution in [0.4, 0.5) is 11.4 Å². The van der Waals surface area contributed by atoms with Gasteiger partial charge in [0.25, 0.3) is 5.91 Å². The van der Waals surface area contributed by atoms with Crippen molar-refractivity contribution in [3.63, 3.8) is 0 Å². The molecule has 2 N–H and O–H groups in total. The second-order valence-electron chi connectivity index (χ2n) is 6.94. The lowest BCUT2D eigenvalue weighted by molar-refractivity contribution is -0.880. The topological polar surface area (TPSA) is 36.8 Å². The van der Waals surface area contributed by atoms with Crippen LogP contribution in [0.3, 0.4) is 0 Å². The van der Waals surface area contributed by atoms with Crippen LogP contribution in [0, 0.1) is 13.8 Å². The zero-order valence-electron chi connectivity index (χ0n) is 15.0. The molecule has 2 aromatic rings. The van der Waals surface area contributed by atoms with Crippen molar-refractivity contribution in [2.75, 3.05) is 43.4 Å². The lowest BCUT2D eigenvalue weighted by Crippen LogP contribution is -3.12. The number of hydrogen-bond acceptors (Lipinski definition) is 2. The van der Waals surface area contributed by atoms with Gasteiger partial charge in [-0.3, -0.25) is 4.79 Å². The molecule has 1 aliphatic rings. The van der Waals surface area contributed by atoms with Crippen LogP contribution in [-0.2, 0) is 0 Å². The summed E-state index contributed by atoms with van der Waals surface area (Å²) in [6.07, 6.45) is 0. The number of hydrogen-bond donors (Lipinski definition) is 2. The normalized spacial score (nSPS) is 15.3. The first kappa shape index (κ1) is 17.8. The highest BCUT2D eigenvalue weighted by molar-refractivity contribution is 6.31. The van der Waals surface area contributed by atoms with Crippen molar-refractivity contribution < 1.29 is 9.69 Å². The fraction of sp³-hybridized carbons (Fsp3) is 0.350. The number of carbonyl (C=O) groups excluding carboxylic acids is 1. The van der Waals surface area contributed by atoms with Gasteiger partial charge in [0, 0.05) is 10.6 Å². The number of halogens is 1. The van der Waals surface area contributed by atoms with E-state index in [2.05, 4.69) is 23.3 Å². The van der Waals surface area contributed by atoms with Crippen molar-refractivity contribution in [2.45, 2.75) is 13.8 Å². The van der Waals surface area contributed by atoms with Gasteiger partial charge in [0.15, 0.2) is 0 Å². The molecule has 0 saturated carbocycles. The van der Waals surface area contributed by atoms with E-state index in [1.807, 2.05) is 44.2 Å². The second kappa shape index (κ2) is 7.46. The fourth-order valence-electron chi connectivity index (χ4n) is 3.31. The molecular formula is C20H25ClN3O+.